The molecule has 0 aliphatic rings. The fraction of sp³-hybridized carbons (Fsp3) is 0.267. The van der Waals surface area contributed by atoms with Crippen molar-refractivity contribution in [2.75, 3.05) is 0 Å². The third-order valence-corrected chi connectivity index (χ3v) is 3.83. The minimum absolute atomic E-state index is 0.187. The van der Waals surface area contributed by atoms with Gasteiger partial charge in [-0.2, -0.15) is 10.4 Å². The first kappa shape index (κ1) is 15.7. The van der Waals surface area contributed by atoms with Crippen LogP contribution < -0.4 is 4.74 Å². The molecule has 0 N–H and O–H groups in total. The number of aryl methyl sites for hydroxylation is 1. The molecule has 0 unspecified atom stereocenters. The molecule has 0 atom stereocenters. The Morgan fingerprint density at radius 3 is 2.67 bits per heavy atom. The number of hydrogen-bond donors (Lipinski definition) is 0. The van der Waals surface area contributed by atoms with Crippen LogP contribution in [0.5, 0.6) is 11.6 Å². The quantitative estimate of drug-likeness (QED) is 0.788. The summed E-state index contributed by atoms with van der Waals surface area (Å²) in [5.41, 5.74) is 2.11. The summed E-state index contributed by atoms with van der Waals surface area (Å²) in [7, 11) is 0. The molecule has 0 saturated carbocycles. The lowest BCUT2D eigenvalue weighted by molar-refractivity contribution is 0.450. The normalized spacial score (nSPS) is 10.2. The Kier molecular flexibility index (Phi) is 5.16. The Morgan fingerprint density at radius 2 is 2.05 bits per heavy atom. The number of ether oxygens (including phenoxy) is 1. The number of aromatic nitrogens is 2. The van der Waals surface area contributed by atoms with Gasteiger partial charge < -0.3 is 4.74 Å². The lowest BCUT2D eigenvalue weighted by atomic mass is 10.0. The molecule has 21 heavy (non-hydrogen) atoms. The molecule has 2 rings (SSSR count). The summed E-state index contributed by atoms with van der Waals surface area (Å²) in [4.78, 5) is 0. The van der Waals surface area contributed by atoms with Crippen LogP contribution in [0.4, 0.5) is 0 Å². The van der Waals surface area contributed by atoms with E-state index in [1.54, 1.807) is 12.1 Å². The lowest BCUT2D eigenvalue weighted by Gasteiger charge is -2.12. The number of hydrogen-bond acceptors (Lipinski definition) is 4. The maximum Gasteiger partial charge on any atom is 0.257 e. The standard InChI is InChI=1S/C15H13BrClN3O/c1-3-10-11(8-18)15(20-19-13(10)4-2)21-14-7-9(16)5-6-12(14)17/h5-7H,3-4H2,1-2H3. The molecule has 0 aliphatic carbocycles. The molecule has 2 aromatic rings. The van der Waals surface area contributed by atoms with Crippen LogP contribution in [-0.2, 0) is 12.8 Å². The smallest absolute Gasteiger partial charge is 0.257 e. The Labute approximate surface area is 136 Å². The topological polar surface area (TPSA) is 58.8 Å². The van der Waals surface area contributed by atoms with Crippen LogP contribution in [-0.4, -0.2) is 10.2 Å². The molecular formula is C15H13BrClN3O. The van der Waals surface area contributed by atoms with Crippen molar-refractivity contribution in [1.29, 1.82) is 5.26 Å². The van der Waals surface area contributed by atoms with Gasteiger partial charge in [-0.15, -0.1) is 5.10 Å². The highest BCUT2D eigenvalue weighted by molar-refractivity contribution is 9.10. The van der Waals surface area contributed by atoms with E-state index in [9.17, 15) is 5.26 Å². The third-order valence-electron chi connectivity index (χ3n) is 3.03. The third kappa shape index (κ3) is 3.34. The van der Waals surface area contributed by atoms with Gasteiger partial charge in [0.1, 0.15) is 17.4 Å². The molecule has 0 bridgehead atoms. The van der Waals surface area contributed by atoms with Crippen LogP contribution in [0.25, 0.3) is 0 Å². The molecule has 6 heteroatoms. The number of rotatable bonds is 4. The van der Waals surface area contributed by atoms with Crippen LogP contribution in [0.15, 0.2) is 22.7 Å². The molecule has 1 heterocycles. The average molecular weight is 367 g/mol. The number of nitrogens with zero attached hydrogens (tertiary/aromatic N) is 3. The molecule has 0 fully saturated rings. The van der Waals surface area contributed by atoms with Gasteiger partial charge >= 0.3 is 0 Å². The first-order valence-corrected chi connectivity index (χ1v) is 7.69. The summed E-state index contributed by atoms with van der Waals surface area (Å²) >= 11 is 9.45. The summed E-state index contributed by atoms with van der Waals surface area (Å²) in [6.07, 6.45) is 1.42. The van der Waals surface area contributed by atoms with Gasteiger partial charge in [-0.05, 0) is 36.6 Å². The highest BCUT2D eigenvalue weighted by atomic mass is 79.9. The van der Waals surface area contributed by atoms with Crippen LogP contribution in [0, 0.1) is 11.3 Å². The van der Waals surface area contributed by atoms with Gasteiger partial charge in [0.2, 0.25) is 0 Å². The maximum atomic E-state index is 9.41. The van der Waals surface area contributed by atoms with Crippen LogP contribution in [0.1, 0.15) is 30.7 Å². The first-order chi connectivity index (χ1) is 10.1. The van der Waals surface area contributed by atoms with Gasteiger partial charge in [0.05, 0.1) is 10.7 Å². The fourth-order valence-electron chi connectivity index (χ4n) is 2.00. The second kappa shape index (κ2) is 6.88. The molecule has 108 valence electrons. The molecule has 0 amide bonds. The van der Waals surface area contributed by atoms with E-state index in [0.29, 0.717) is 22.8 Å². The molecule has 0 aliphatic heterocycles. The van der Waals surface area contributed by atoms with E-state index in [-0.39, 0.29) is 5.88 Å². The summed E-state index contributed by atoms with van der Waals surface area (Å²) < 4.78 is 6.52. The van der Waals surface area contributed by atoms with Crippen molar-refractivity contribution in [2.45, 2.75) is 26.7 Å². The van der Waals surface area contributed by atoms with Crippen LogP contribution >= 0.6 is 27.5 Å². The largest absolute Gasteiger partial charge is 0.435 e. The van der Waals surface area contributed by atoms with Gasteiger partial charge in [0, 0.05) is 4.47 Å². The SMILES string of the molecule is CCc1nnc(Oc2cc(Br)ccc2Cl)c(C#N)c1CC. The Bertz CT molecular complexity index is 713. The van der Waals surface area contributed by atoms with E-state index >= 15 is 0 Å². The number of halogens is 2. The van der Waals surface area contributed by atoms with E-state index in [0.717, 1.165) is 22.2 Å². The summed E-state index contributed by atoms with van der Waals surface area (Å²) in [5.74, 6) is 0.620. The average Bonchev–Trinajstić information content (AvgIpc) is 2.50. The van der Waals surface area contributed by atoms with Crippen LogP contribution in [0.3, 0.4) is 0 Å². The zero-order valence-corrected chi connectivity index (χ0v) is 14.0. The number of benzene rings is 1. The summed E-state index contributed by atoms with van der Waals surface area (Å²) in [6.45, 7) is 3.96. The predicted molar refractivity (Wildman–Crippen MR) is 84.7 cm³/mol. The lowest BCUT2D eigenvalue weighted by Crippen LogP contribution is -2.05. The Hall–Kier alpha value is -1.64. The van der Waals surface area contributed by atoms with Gasteiger partial charge in [0.25, 0.3) is 5.88 Å². The van der Waals surface area contributed by atoms with Gasteiger partial charge in [-0.25, -0.2) is 0 Å². The van der Waals surface area contributed by atoms with E-state index in [1.807, 2.05) is 19.9 Å². The Morgan fingerprint density at radius 1 is 1.29 bits per heavy atom. The molecule has 4 nitrogen and oxygen atoms in total. The fourth-order valence-corrected chi connectivity index (χ4v) is 2.50. The van der Waals surface area contributed by atoms with Gasteiger partial charge in [0.15, 0.2) is 0 Å². The van der Waals surface area contributed by atoms with Crippen molar-refractivity contribution in [3.63, 3.8) is 0 Å². The predicted octanol–water partition coefficient (Wildman–Crippen LogP) is 4.68. The van der Waals surface area contributed by atoms with E-state index in [2.05, 4.69) is 32.2 Å². The van der Waals surface area contributed by atoms with Crippen molar-refractivity contribution in [1.82, 2.24) is 10.2 Å². The van der Waals surface area contributed by atoms with Crippen molar-refractivity contribution in [3.05, 3.63) is 44.5 Å². The summed E-state index contributed by atoms with van der Waals surface area (Å²) in [6, 6.07) is 7.41. The molecule has 1 aromatic heterocycles. The zero-order chi connectivity index (χ0) is 15.4. The highest BCUT2D eigenvalue weighted by Crippen LogP contribution is 2.33. The monoisotopic (exact) mass is 365 g/mol. The highest BCUT2D eigenvalue weighted by Gasteiger charge is 2.17. The molecular weight excluding hydrogens is 354 g/mol. The molecule has 0 saturated heterocycles. The van der Waals surface area contributed by atoms with Crippen molar-refractivity contribution in [2.24, 2.45) is 0 Å². The Balaban J connectivity index is 2.50. The van der Waals surface area contributed by atoms with Crippen molar-refractivity contribution in [3.8, 4) is 17.7 Å². The minimum Gasteiger partial charge on any atom is -0.435 e. The maximum absolute atomic E-state index is 9.41. The second-order valence-electron chi connectivity index (χ2n) is 4.30. The van der Waals surface area contributed by atoms with E-state index in [4.69, 9.17) is 16.3 Å². The molecule has 0 radical (unpaired) electrons. The molecule has 1 aromatic carbocycles. The molecule has 0 spiro atoms. The minimum atomic E-state index is 0.187. The van der Waals surface area contributed by atoms with E-state index < -0.39 is 0 Å². The van der Waals surface area contributed by atoms with Gasteiger partial charge in [-0.1, -0.05) is 41.4 Å². The van der Waals surface area contributed by atoms with Crippen molar-refractivity contribution < 1.29 is 4.74 Å². The van der Waals surface area contributed by atoms with Crippen molar-refractivity contribution >= 4 is 27.5 Å². The van der Waals surface area contributed by atoms with Crippen LogP contribution in [0.2, 0.25) is 5.02 Å². The summed E-state index contributed by atoms with van der Waals surface area (Å²) in [5, 5.41) is 18.0. The second-order valence-corrected chi connectivity index (χ2v) is 5.62. The van der Waals surface area contributed by atoms with E-state index in [1.165, 1.54) is 0 Å². The zero-order valence-electron chi connectivity index (χ0n) is 11.7. The number of nitriles is 1. The van der Waals surface area contributed by atoms with Gasteiger partial charge in [-0.3, -0.25) is 0 Å². The first-order valence-electron chi connectivity index (χ1n) is 6.52.